The number of carbonyl (C=O) groups excluding carboxylic acids is 1. The van der Waals surface area contributed by atoms with Crippen LogP contribution in [0, 0.1) is 0 Å². The summed E-state index contributed by atoms with van der Waals surface area (Å²) >= 11 is 0. The second-order valence-electron chi connectivity index (χ2n) is 6.76. The van der Waals surface area contributed by atoms with Gasteiger partial charge >= 0.3 is 5.91 Å². The number of hydrogen-bond donors (Lipinski definition) is 0. The molecule has 0 spiro atoms. The third-order valence-corrected chi connectivity index (χ3v) is 5.32. The van der Waals surface area contributed by atoms with Gasteiger partial charge in [0.1, 0.15) is 12.2 Å². The third kappa shape index (κ3) is 3.28. The first kappa shape index (κ1) is 17.2. The summed E-state index contributed by atoms with van der Waals surface area (Å²) < 4.78 is 17.3. The molecule has 1 atom stereocenters. The van der Waals surface area contributed by atoms with E-state index < -0.39 is 0 Å². The zero-order valence-electron chi connectivity index (χ0n) is 14.8. The lowest BCUT2D eigenvalue weighted by molar-refractivity contribution is -0.127. The first-order valence-corrected chi connectivity index (χ1v) is 8.94. The van der Waals surface area contributed by atoms with Gasteiger partial charge in [-0.1, -0.05) is 0 Å². The van der Waals surface area contributed by atoms with Crippen molar-refractivity contribution in [1.29, 1.82) is 0 Å². The van der Waals surface area contributed by atoms with E-state index in [9.17, 15) is 4.79 Å². The Morgan fingerprint density at radius 3 is 2.54 bits per heavy atom. The average Bonchev–Trinajstić information content (AvgIpc) is 3.23. The van der Waals surface area contributed by atoms with E-state index in [-0.39, 0.29) is 12.0 Å². The van der Waals surface area contributed by atoms with Crippen LogP contribution in [0.1, 0.15) is 38.5 Å². The molecular weight excluding hydrogens is 306 g/mol. The van der Waals surface area contributed by atoms with Gasteiger partial charge in [0.05, 0.1) is 32.8 Å². The van der Waals surface area contributed by atoms with Gasteiger partial charge in [-0.3, -0.25) is 0 Å². The number of benzene rings is 1. The number of amides is 1. The SMILES string of the molecule is COCC[N+]1(c2ccc(OC)c(OC3CCCC3)c2)CCCC1=O. The summed E-state index contributed by atoms with van der Waals surface area (Å²) in [7, 11) is 3.34. The number of rotatable bonds is 7. The molecule has 1 unspecified atom stereocenters. The molecule has 132 valence electrons. The van der Waals surface area contributed by atoms with Gasteiger partial charge in [-0.25, -0.2) is 9.28 Å². The topological polar surface area (TPSA) is 44.8 Å². The zero-order valence-corrected chi connectivity index (χ0v) is 14.8. The minimum absolute atomic E-state index is 0.260. The lowest BCUT2D eigenvalue weighted by atomic mass is 10.2. The minimum atomic E-state index is 0.260. The highest BCUT2D eigenvalue weighted by Gasteiger charge is 2.43. The second-order valence-corrected chi connectivity index (χ2v) is 6.76. The third-order valence-electron chi connectivity index (χ3n) is 5.32. The first-order chi connectivity index (χ1) is 11.7. The molecule has 0 N–H and O–H groups in total. The molecule has 0 bridgehead atoms. The summed E-state index contributed by atoms with van der Waals surface area (Å²) in [6.45, 7) is 2.07. The summed E-state index contributed by atoms with van der Waals surface area (Å²) in [5.41, 5.74) is 0.989. The van der Waals surface area contributed by atoms with Gasteiger partial charge < -0.3 is 14.2 Å². The number of ether oxygens (including phenoxy) is 3. The van der Waals surface area contributed by atoms with Gasteiger partial charge in [0.2, 0.25) is 0 Å². The fraction of sp³-hybridized carbons (Fsp3) is 0.632. The van der Waals surface area contributed by atoms with Crippen LogP contribution < -0.4 is 14.0 Å². The predicted molar refractivity (Wildman–Crippen MR) is 93.5 cm³/mol. The maximum Gasteiger partial charge on any atom is 0.319 e. The molecular formula is C19H28NO4+. The van der Waals surface area contributed by atoms with Crippen LogP contribution in [-0.4, -0.2) is 45.9 Å². The van der Waals surface area contributed by atoms with E-state index in [2.05, 4.69) is 0 Å². The van der Waals surface area contributed by atoms with Crippen LogP contribution >= 0.6 is 0 Å². The molecule has 5 heteroatoms. The molecule has 0 aromatic heterocycles. The van der Waals surface area contributed by atoms with Gasteiger partial charge in [0.15, 0.2) is 11.5 Å². The average molecular weight is 334 g/mol. The highest BCUT2D eigenvalue weighted by atomic mass is 16.5. The van der Waals surface area contributed by atoms with E-state index in [0.29, 0.717) is 24.1 Å². The molecule has 24 heavy (non-hydrogen) atoms. The van der Waals surface area contributed by atoms with Gasteiger partial charge in [0, 0.05) is 25.7 Å². The van der Waals surface area contributed by atoms with E-state index >= 15 is 0 Å². The molecule has 1 heterocycles. The van der Waals surface area contributed by atoms with E-state index in [4.69, 9.17) is 14.2 Å². The fourth-order valence-electron chi connectivity index (χ4n) is 3.93. The number of nitrogens with zero attached hydrogens (tertiary/aromatic N) is 1. The molecule has 1 aliphatic heterocycles. The molecule has 1 aromatic carbocycles. The monoisotopic (exact) mass is 334 g/mol. The first-order valence-electron chi connectivity index (χ1n) is 8.94. The summed E-state index contributed by atoms with van der Waals surface area (Å²) in [5, 5.41) is 0. The number of quaternary nitrogens is 1. The molecule has 3 rings (SSSR count). The van der Waals surface area contributed by atoms with E-state index in [0.717, 1.165) is 43.0 Å². The normalized spacial score (nSPS) is 24.5. The Morgan fingerprint density at radius 2 is 1.92 bits per heavy atom. The van der Waals surface area contributed by atoms with Crippen molar-refractivity contribution in [2.24, 2.45) is 0 Å². The van der Waals surface area contributed by atoms with Crippen molar-refractivity contribution in [2.45, 2.75) is 44.6 Å². The van der Waals surface area contributed by atoms with E-state index in [1.165, 1.54) is 12.8 Å². The molecule has 1 saturated heterocycles. The fourth-order valence-corrected chi connectivity index (χ4v) is 3.93. The van der Waals surface area contributed by atoms with Crippen molar-refractivity contribution in [3.05, 3.63) is 18.2 Å². The van der Waals surface area contributed by atoms with Crippen molar-refractivity contribution in [2.75, 3.05) is 33.9 Å². The Hall–Kier alpha value is -1.59. The standard InChI is InChI=1S/C19H28NO4/c1-22-13-12-20(11-5-8-19(20)21)15-9-10-17(23-2)18(14-15)24-16-6-3-4-7-16/h9-10,14,16H,3-8,11-13H2,1-2H3/q+1. The zero-order chi connectivity index (χ0) is 17.0. The van der Waals surface area contributed by atoms with Gasteiger partial charge in [-0.15, -0.1) is 0 Å². The van der Waals surface area contributed by atoms with E-state index in [1.807, 2.05) is 18.2 Å². The largest absolute Gasteiger partial charge is 0.493 e. The number of likely N-dealkylation sites (tertiary alicyclic amines) is 1. The Kier molecular flexibility index (Phi) is 5.41. The Balaban J connectivity index is 1.92. The number of hydrogen-bond acceptors (Lipinski definition) is 4. The van der Waals surface area contributed by atoms with Gasteiger partial charge in [-0.2, -0.15) is 0 Å². The van der Waals surface area contributed by atoms with Crippen molar-refractivity contribution < 1.29 is 19.0 Å². The second kappa shape index (κ2) is 7.53. The molecule has 1 aromatic rings. The van der Waals surface area contributed by atoms with Crippen molar-refractivity contribution in [1.82, 2.24) is 4.48 Å². The quantitative estimate of drug-likeness (QED) is 0.718. The lowest BCUT2D eigenvalue weighted by Crippen LogP contribution is -2.52. The molecule has 2 aliphatic rings. The molecule has 0 radical (unpaired) electrons. The summed E-state index contributed by atoms with van der Waals surface area (Å²) in [6.07, 6.45) is 6.45. The van der Waals surface area contributed by atoms with Crippen LogP contribution in [0.4, 0.5) is 5.69 Å². The molecule has 1 aliphatic carbocycles. The summed E-state index contributed by atoms with van der Waals surface area (Å²) in [4.78, 5) is 12.7. The van der Waals surface area contributed by atoms with Crippen LogP contribution in [0.3, 0.4) is 0 Å². The van der Waals surface area contributed by atoms with E-state index in [1.54, 1.807) is 14.2 Å². The van der Waals surface area contributed by atoms with Crippen LogP contribution in [0.25, 0.3) is 0 Å². The van der Waals surface area contributed by atoms with Crippen LogP contribution in [0.2, 0.25) is 0 Å². The van der Waals surface area contributed by atoms with Gasteiger partial charge in [-0.05, 0) is 31.7 Å². The van der Waals surface area contributed by atoms with Gasteiger partial charge in [0.25, 0.3) is 0 Å². The highest BCUT2D eigenvalue weighted by molar-refractivity contribution is 5.90. The number of methoxy groups -OCH3 is 2. The van der Waals surface area contributed by atoms with Crippen LogP contribution in [0.5, 0.6) is 11.5 Å². The van der Waals surface area contributed by atoms with Crippen LogP contribution in [0.15, 0.2) is 18.2 Å². The van der Waals surface area contributed by atoms with Crippen LogP contribution in [-0.2, 0) is 9.53 Å². The number of carbonyl (C=O) groups is 1. The summed E-state index contributed by atoms with van der Waals surface area (Å²) in [6, 6.07) is 5.94. The maximum absolute atomic E-state index is 12.7. The molecule has 1 amide bonds. The Bertz CT molecular complexity index is 583. The highest BCUT2D eigenvalue weighted by Crippen LogP contribution is 2.39. The maximum atomic E-state index is 12.7. The molecule has 2 fully saturated rings. The molecule has 1 saturated carbocycles. The molecule has 5 nitrogen and oxygen atoms in total. The van der Waals surface area contributed by atoms with Crippen molar-refractivity contribution >= 4 is 11.6 Å². The van der Waals surface area contributed by atoms with Crippen molar-refractivity contribution in [3.63, 3.8) is 0 Å². The Morgan fingerprint density at radius 1 is 1.12 bits per heavy atom. The lowest BCUT2D eigenvalue weighted by Gasteiger charge is -2.31. The minimum Gasteiger partial charge on any atom is -0.493 e. The van der Waals surface area contributed by atoms with Crippen molar-refractivity contribution in [3.8, 4) is 11.5 Å². The Labute approximate surface area is 144 Å². The smallest absolute Gasteiger partial charge is 0.319 e. The predicted octanol–water partition coefficient (Wildman–Crippen LogP) is 3.29. The summed E-state index contributed by atoms with van der Waals surface area (Å²) in [5.74, 6) is 1.77.